The average Bonchev–Trinajstić information content (AvgIpc) is 2.18. The first-order valence-electron chi connectivity index (χ1n) is 6.08. The molecule has 0 N–H and O–H groups in total. The zero-order valence-electron chi connectivity index (χ0n) is 9.84. The maximum absolute atomic E-state index is 3.71. The van der Waals surface area contributed by atoms with Crippen LogP contribution in [0.4, 0.5) is 0 Å². The lowest BCUT2D eigenvalue weighted by molar-refractivity contribution is 0.0709. The molecule has 2 aliphatic rings. The van der Waals surface area contributed by atoms with Gasteiger partial charge in [-0.05, 0) is 25.2 Å². The van der Waals surface area contributed by atoms with Crippen LogP contribution in [0.1, 0.15) is 33.1 Å². The third-order valence-electron chi connectivity index (χ3n) is 4.25. The first kappa shape index (κ1) is 12.3. The molecule has 2 fully saturated rings. The molecular formula is C12H22BrNS. The molecule has 1 saturated heterocycles. The Morgan fingerprint density at radius 3 is 2.67 bits per heavy atom. The van der Waals surface area contributed by atoms with E-state index in [2.05, 4.69) is 46.4 Å². The van der Waals surface area contributed by atoms with Crippen molar-refractivity contribution in [1.82, 2.24) is 4.90 Å². The van der Waals surface area contributed by atoms with Crippen molar-refractivity contribution in [2.24, 2.45) is 5.41 Å². The van der Waals surface area contributed by atoms with Crippen molar-refractivity contribution < 1.29 is 0 Å². The molecule has 0 aromatic rings. The molecule has 0 aromatic heterocycles. The normalized spacial score (nSPS) is 36.2. The number of halogens is 1. The summed E-state index contributed by atoms with van der Waals surface area (Å²) in [5.41, 5.74) is 0.621. The fraction of sp³-hybridized carbons (Fsp3) is 1.00. The van der Waals surface area contributed by atoms with Crippen LogP contribution in [0.25, 0.3) is 0 Å². The number of hydrogen-bond acceptors (Lipinski definition) is 2. The first-order chi connectivity index (χ1) is 7.17. The summed E-state index contributed by atoms with van der Waals surface area (Å²) in [6, 6.07) is 0.764. The van der Waals surface area contributed by atoms with Crippen LogP contribution in [-0.4, -0.2) is 40.4 Å². The van der Waals surface area contributed by atoms with Crippen LogP contribution in [0.15, 0.2) is 0 Å². The van der Waals surface area contributed by atoms with Gasteiger partial charge in [-0.25, -0.2) is 0 Å². The predicted octanol–water partition coefficient (Wildman–Crippen LogP) is 3.38. The summed E-state index contributed by atoms with van der Waals surface area (Å²) >= 11 is 5.85. The zero-order valence-corrected chi connectivity index (χ0v) is 12.2. The number of thioether (sulfide) groups is 1. The highest BCUT2D eigenvalue weighted by Gasteiger charge is 2.39. The topological polar surface area (TPSA) is 3.24 Å². The molecule has 1 aliphatic heterocycles. The standard InChI is InChI=1S/C12H22BrNS/c1-10-11(2)15-7-6-14(10)9-12(8-13)4-3-5-12/h10-11H,3-9H2,1-2H3. The highest BCUT2D eigenvalue weighted by atomic mass is 79.9. The SMILES string of the molecule is CC1SCCN(CC2(CBr)CCC2)C1C. The zero-order chi connectivity index (χ0) is 10.9. The van der Waals surface area contributed by atoms with Crippen LogP contribution in [0, 0.1) is 5.41 Å². The van der Waals surface area contributed by atoms with E-state index in [1.54, 1.807) is 0 Å². The van der Waals surface area contributed by atoms with Gasteiger partial charge < -0.3 is 0 Å². The smallest absolute Gasteiger partial charge is 0.0184 e. The maximum atomic E-state index is 3.71. The average molecular weight is 292 g/mol. The lowest BCUT2D eigenvalue weighted by atomic mass is 9.70. The van der Waals surface area contributed by atoms with Gasteiger partial charge in [0.1, 0.15) is 0 Å². The van der Waals surface area contributed by atoms with E-state index < -0.39 is 0 Å². The molecule has 1 saturated carbocycles. The molecule has 15 heavy (non-hydrogen) atoms. The van der Waals surface area contributed by atoms with Crippen molar-refractivity contribution in [3.8, 4) is 0 Å². The molecule has 88 valence electrons. The van der Waals surface area contributed by atoms with E-state index in [0.717, 1.165) is 11.3 Å². The van der Waals surface area contributed by atoms with Gasteiger partial charge in [0.05, 0.1) is 0 Å². The second-order valence-electron chi connectivity index (χ2n) is 5.27. The van der Waals surface area contributed by atoms with E-state index in [-0.39, 0.29) is 0 Å². The monoisotopic (exact) mass is 291 g/mol. The number of hydrogen-bond donors (Lipinski definition) is 0. The van der Waals surface area contributed by atoms with Crippen LogP contribution in [0.5, 0.6) is 0 Å². The molecule has 2 atom stereocenters. The van der Waals surface area contributed by atoms with Gasteiger partial charge in [0, 0.05) is 35.5 Å². The predicted molar refractivity (Wildman–Crippen MR) is 73.0 cm³/mol. The molecule has 0 spiro atoms. The highest BCUT2D eigenvalue weighted by Crippen LogP contribution is 2.44. The molecule has 0 amide bonds. The Hall–Kier alpha value is 0.790. The second kappa shape index (κ2) is 4.97. The van der Waals surface area contributed by atoms with E-state index in [1.165, 1.54) is 43.4 Å². The molecule has 1 nitrogen and oxygen atoms in total. The third-order valence-corrected chi connectivity index (χ3v) is 6.78. The van der Waals surface area contributed by atoms with E-state index in [0.29, 0.717) is 5.41 Å². The first-order valence-corrected chi connectivity index (χ1v) is 8.25. The molecule has 1 aliphatic carbocycles. The molecule has 0 aromatic carbocycles. The molecular weight excluding hydrogens is 270 g/mol. The lowest BCUT2D eigenvalue weighted by Gasteiger charge is -2.48. The highest BCUT2D eigenvalue weighted by molar-refractivity contribution is 9.09. The number of rotatable bonds is 3. The minimum absolute atomic E-state index is 0.621. The third kappa shape index (κ3) is 2.55. The Balaban J connectivity index is 1.92. The molecule has 3 heteroatoms. The van der Waals surface area contributed by atoms with Crippen molar-refractivity contribution in [3.63, 3.8) is 0 Å². The molecule has 0 radical (unpaired) electrons. The number of nitrogens with zero attached hydrogens (tertiary/aromatic N) is 1. The van der Waals surface area contributed by atoms with E-state index in [9.17, 15) is 0 Å². The Labute approximate surface area is 106 Å². The Morgan fingerprint density at radius 2 is 2.13 bits per heavy atom. The van der Waals surface area contributed by atoms with Gasteiger partial charge in [-0.1, -0.05) is 29.3 Å². The van der Waals surface area contributed by atoms with E-state index >= 15 is 0 Å². The van der Waals surface area contributed by atoms with Gasteiger partial charge in [0.25, 0.3) is 0 Å². The quantitative estimate of drug-likeness (QED) is 0.734. The Morgan fingerprint density at radius 1 is 1.40 bits per heavy atom. The summed E-state index contributed by atoms with van der Waals surface area (Å²) < 4.78 is 0. The van der Waals surface area contributed by atoms with E-state index in [4.69, 9.17) is 0 Å². The van der Waals surface area contributed by atoms with Gasteiger partial charge >= 0.3 is 0 Å². The van der Waals surface area contributed by atoms with Crippen LogP contribution in [-0.2, 0) is 0 Å². The minimum atomic E-state index is 0.621. The van der Waals surface area contributed by atoms with Crippen molar-refractivity contribution >= 4 is 27.7 Å². The van der Waals surface area contributed by atoms with E-state index in [1.807, 2.05) is 0 Å². The Bertz CT molecular complexity index is 212. The molecule has 2 unspecified atom stereocenters. The van der Waals surface area contributed by atoms with Crippen molar-refractivity contribution in [1.29, 1.82) is 0 Å². The number of alkyl halides is 1. The van der Waals surface area contributed by atoms with Crippen LogP contribution >= 0.6 is 27.7 Å². The second-order valence-corrected chi connectivity index (χ2v) is 7.32. The summed E-state index contributed by atoms with van der Waals surface area (Å²) in [6.45, 7) is 7.40. The summed E-state index contributed by atoms with van der Waals surface area (Å²) in [7, 11) is 0. The minimum Gasteiger partial charge on any atom is -0.298 e. The van der Waals surface area contributed by atoms with Crippen LogP contribution in [0.2, 0.25) is 0 Å². The fourth-order valence-corrected chi connectivity index (χ4v) is 4.56. The van der Waals surface area contributed by atoms with Crippen LogP contribution in [0.3, 0.4) is 0 Å². The summed E-state index contributed by atoms with van der Waals surface area (Å²) in [4.78, 5) is 2.72. The van der Waals surface area contributed by atoms with Gasteiger partial charge in [-0.15, -0.1) is 0 Å². The van der Waals surface area contributed by atoms with Gasteiger partial charge in [0.15, 0.2) is 0 Å². The maximum Gasteiger partial charge on any atom is 0.0184 e. The van der Waals surface area contributed by atoms with Gasteiger partial charge in [-0.2, -0.15) is 11.8 Å². The molecule has 1 heterocycles. The summed E-state index contributed by atoms with van der Waals surface area (Å²) in [5.74, 6) is 1.32. The molecule has 2 rings (SSSR count). The summed E-state index contributed by atoms with van der Waals surface area (Å²) in [5, 5.41) is 2.01. The van der Waals surface area contributed by atoms with Crippen molar-refractivity contribution in [2.45, 2.75) is 44.4 Å². The van der Waals surface area contributed by atoms with Crippen molar-refractivity contribution in [3.05, 3.63) is 0 Å². The largest absolute Gasteiger partial charge is 0.298 e. The fourth-order valence-electron chi connectivity index (χ4n) is 2.66. The van der Waals surface area contributed by atoms with Gasteiger partial charge in [-0.3, -0.25) is 4.90 Å². The summed E-state index contributed by atoms with van der Waals surface area (Å²) in [6.07, 6.45) is 4.31. The molecule has 0 bridgehead atoms. The Kier molecular flexibility index (Phi) is 4.06. The van der Waals surface area contributed by atoms with Gasteiger partial charge in [0.2, 0.25) is 0 Å². The van der Waals surface area contributed by atoms with Crippen molar-refractivity contribution in [2.75, 3.05) is 24.2 Å². The lowest BCUT2D eigenvalue weighted by Crippen LogP contribution is -2.52. The van der Waals surface area contributed by atoms with Crippen LogP contribution < -0.4 is 0 Å².